The molecule has 0 aliphatic carbocycles. The van der Waals surface area contributed by atoms with Crippen LogP contribution in [0.25, 0.3) is 11.4 Å². The molecule has 1 fully saturated rings. The summed E-state index contributed by atoms with van der Waals surface area (Å²) >= 11 is 0. The summed E-state index contributed by atoms with van der Waals surface area (Å²) in [5, 5.41) is 8.65. The van der Waals surface area contributed by atoms with E-state index in [4.69, 9.17) is 0 Å². The summed E-state index contributed by atoms with van der Waals surface area (Å²) in [6, 6.07) is 8.42. The van der Waals surface area contributed by atoms with E-state index >= 15 is 0 Å². The Bertz CT molecular complexity index is 1110. The van der Waals surface area contributed by atoms with Crippen LogP contribution in [-0.2, 0) is 23.0 Å². The number of hydrogen-bond acceptors (Lipinski definition) is 5. The van der Waals surface area contributed by atoms with Crippen LogP contribution in [0.5, 0.6) is 0 Å². The molecule has 144 valence electrons. The monoisotopic (exact) mass is 399 g/mol. The average Bonchev–Trinajstić information content (AvgIpc) is 3.22. The molecule has 0 N–H and O–H groups in total. The third-order valence-corrected chi connectivity index (χ3v) is 7.52. The first-order chi connectivity index (χ1) is 13.5. The van der Waals surface area contributed by atoms with Gasteiger partial charge in [0, 0.05) is 43.0 Å². The summed E-state index contributed by atoms with van der Waals surface area (Å²) in [5.74, 6) is 1.03. The lowest BCUT2D eigenvalue weighted by atomic mass is 10.1. The molecule has 1 saturated heterocycles. The minimum atomic E-state index is -3.72. The van der Waals surface area contributed by atoms with Crippen molar-refractivity contribution >= 4 is 10.0 Å². The van der Waals surface area contributed by atoms with Gasteiger partial charge in [0.1, 0.15) is 11.6 Å². The molecule has 0 amide bonds. The van der Waals surface area contributed by atoms with Crippen molar-refractivity contribution < 1.29 is 12.8 Å². The van der Waals surface area contributed by atoms with Gasteiger partial charge in [-0.05, 0) is 49.2 Å². The molecule has 2 aliphatic heterocycles. The number of sulfonamides is 1. The van der Waals surface area contributed by atoms with E-state index in [9.17, 15) is 12.8 Å². The molecule has 3 aromatic rings. The van der Waals surface area contributed by atoms with Crippen molar-refractivity contribution in [3.05, 3.63) is 60.4 Å². The molecule has 2 aliphatic rings. The Labute approximate surface area is 161 Å². The second-order valence-electron chi connectivity index (χ2n) is 7.17. The van der Waals surface area contributed by atoms with Crippen molar-refractivity contribution in [2.24, 2.45) is 0 Å². The number of fused-ring (bicyclic) bond motifs is 3. The van der Waals surface area contributed by atoms with Crippen molar-refractivity contribution in [2.75, 3.05) is 0 Å². The summed E-state index contributed by atoms with van der Waals surface area (Å²) in [4.78, 5) is 4.27. The summed E-state index contributed by atoms with van der Waals surface area (Å²) in [5.41, 5.74) is 0.854. The van der Waals surface area contributed by atoms with Gasteiger partial charge in [0.25, 0.3) is 0 Å². The second kappa shape index (κ2) is 6.46. The molecule has 28 heavy (non-hydrogen) atoms. The third kappa shape index (κ3) is 2.73. The number of rotatable bonds is 3. The van der Waals surface area contributed by atoms with E-state index in [1.54, 1.807) is 16.7 Å². The van der Waals surface area contributed by atoms with Crippen LogP contribution < -0.4 is 0 Å². The predicted octanol–water partition coefficient (Wildman–Crippen LogP) is 2.26. The van der Waals surface area contributed by atoms with E-state index in [0.29, 0.717) is 18.8 Å². The van der Waals surface area contributed by atoms with E-state index in [2.05, 4.69) is 15.2 Å². The van der Waals surface area contributed by atoms with E-state index < -0.39 is 15.8 Å². The van der Waals surface area contributed by atoms with Crippen molar-refractivity contribution in [1.29, 1.82) is 0 Å². The van der Waals surface area contributed by atoms with E-state index in [0.717, 1.165) is 24.2 Å². The van der Waals surface area contributed by atoms with Gasteiger partial charge >= 0.3 is 0 Å². The fourth-order valence-corrected chi connectivity index (χ4v) is 6.09. The Morgan fingerprint density at radius 2 is 1.82 bits per heavy atom. The predicted molar refractivity (Wildman–Crippen MR) is 99.2 cm³/mol. The Morgan fingerprint density at radius 3 is 2.57 bits per heavy atom. The fraction of sp³-hybridized carbons (Fsp3) is 0.316. The lowest BCUT2D eigenvalue weighted by molar-refractivity contribution is 0.316. The van der Waals surface area contributed by atoms with Crippen molar-refractivity contribution in [1.82, 2.24) is 24.1 Å². The molecule has 0 radical (unpaired) electrons. The zero-order valence-corrected chi connectivity index (χ0v) is 15.8. The highest BCUT2D eigenvalue weighted by Gasteiger charge is 2.45. The number of benzene rings is 1. The number of hydrogen-bond donors (Lipinski definition) is 0. The summed E-state index contributed by atoms with van der Waals surface area (Å²) < 4.78 is 43.4. The minimum Gasteiger partial charge on any atom is -0.309 e. The van der Waals surface area contributed by atoms with Crippen molar-refractivity contribution in [3.8, 4) is 11.4 Å². The van der Waals surface area contributed by atoms with Crippen LogP contribution in [0.3, 0.4) is 0 Å². The molecule has 4 heterocycles. The van der Waals surface area contributed by atoms with Crippen LogP contribution in [0.15, 0.2) is 53.7 Å². The maximum absolute atomic E-state index is 13.3. The normalized spacial score (nSPS) is 22.0. The van der Waals surface area contributed by atoms with Crippen LogP contribution >= 0.6 is 0 Å². The lowest BCUT2D eigenvalue weighted by Gasteiger charge is -2.27. The Hall–Kier alpha value is -2.65. The lowest BCUT2D eigenvalue weighted by Crippen LogP contribution is -2.42. The molecule has 5 rings (SSSR count). The first-order valence-electron chi connectivity index (χ1n) is 9.15. The molecular weight excluding hydrogens is 381 g/mol. The average molecular weight is 399 g/mol. The Kier molecular flexibility index (Phi) is 4.02. The molecule has 0 saturated carbocycles. The van der Waals surface area contributed by atoms with Crippen LogP contribution in [-0.4, -0.2) is 44.6 Å². The van der Waals surface area contributed by atoms with Gasteiger partial charge in [-0.15, -0.1) is 10.2 Å². The SMILES string of the molecule is O=S(=O)(c1ccc(F)cc1)N1C2CCC1Cn1c(nnc1-c1cccnc1)C2. The molecule has 2 atom stereocenters. The van der Waals surface area contributed by atoms with Gasteiger partial charge in [0.2, 0.25) is 10.0 Å². The van der Waals surface area contributed by atoms with E-state index in [1.807, 2.05) is 16.7 Å². The van der Waals surface area contributed by atoms with Crippen LogP contribution in [0.1, 0.15) is 18.7 Å². The Balaban J connectivity index is 1.53. The maximum Gasteiger partial charge on any atom is 0.243 e. The van der Waals surface area contributed by atoms with Gasteiger partial charge in [0.15, 0.2) is 5.82 Å². The van der Waals surface area contributed by atoms with Crippen LogP contribution in [0.4, 0.5) is 4.39 Å². The zero-order chi connectivity index (χ0) is 19.3. The number of aromatic nitrogens is 4. The molecule has 7 nitrogen and oxygen atoms in total. The standard InChI is InChI=1S/C19H18FN5O2S/c20-14-3-7-17(8-4-14)28(26,27)25-15-5-6-16(25)12-24-18(10-15)22-23-19(24)13-2-1-9-21-11-13/h1-4,7-9,11,15-16H,5-6,10,12H2. The first kappa shape index (κ1) is 17.4. The van der Waals surface area contributed by atoms with Gasteiger partial charge in [-0.25, -0.2) is 12.8 Å². The smallest absolute Gasteiger partial charge is 0.243 e. The topological polar surface area (TPSA) is 81.0 Å². The Morgan fingerprint density at radius 1 is 1.04 bits per heavy atom. The fourth-order valence-electron chi connectivity index (χ4n) is 4.23. The zero-order valence-electron chi connectivity index (χ0n) is 14.9. The highest BCUT2D eigenvalue weighted by Crippen LogP contribution is 2.37. The molecule has 0 spiro atoms. The number of nitrogens with zero attached hydrogens (tertiary/aromatic N) is 5. The van der Waals surface area contributed by atoms with E-state index in [-0.39, 0.29) is 17.0 Å². The number of pyridine rings is 1. The second-order valence-corrected chi connectivity index (χ2v) is 9.01. The molecule has 2 aromatic heterocycles. The first-order valence-corrected chi connectivity index (χ1v) is 10.6. The quantitative estimate of drug-likeness (QED) is 0.675. The molecule has 9 heteroatoms. The van der Waals surface area contributed by atoms with Crippen molar-refractivity contribution in [2.45, 2.75) is 42.8 Å². The largest absolute Gasteiger partial charge is 0.309 e. The highest BCUT2D eigenvalue weighted by molar-refractivity contribution is 7.89. The summed E-state index contributed by atoms with van der Waals surface area (Å²) in [6.45, 7) is 0.490. The van der Waals surface area contributed by atoms with Crippen LogP contribution in [0.2, 0.25) is 0 Å². The molecule has 2 bridgehead atoms. The number of halogens is 1. The van der Waals surface area contributed by atoms with Gasteiger partial charge in [0.05, 0.1) is 4.90 Å². The van der Waals surface area contributed by atoms with Crippen molar-refractivity contribution in [3.63, 3.8) is 0 Å². The minimum absolute atomic E-state index is 0.121. The van der Waals surface area contributed by atoms with Gasteiger partial charge < -0.3 is 4.57 Å². The summed E-state index contributed by atoms with van der Waals surface area (Å²) in [6.07, 6.45) is 5.48. The third-order valence-electron chi connectivity index (χ3n) is 5.50. The highest BCUT2D eigenvalue weighted by atomic mass is 32.2. The van der Waals surface area contributed by atoms with Gasteiger partial charge in [-0.1, -0.05) is 0 Å². The van der Waals surface area contributed by atoms with Gasteiger partial charge in [-0.2, -0.15) is 4.31 Å². The molecular formula is C19H18FN5O2S. The molecule has 1 aromatic carbocycles. The van der Waals surface area contributed by atoms with Crippen LogP contribution in [0, 0.1) is 5.82 Å². The van der Waals surface area contributed by atoms with E-state index in [1.165, 1.54) is 24.3 Å². The summed E-state index contributed by atoms with van der Waals surface area (Å²) in [7, 11) is -3.72. The van der Waals surface area contributed by atoms with Gasteiger partial charge in [-0.3, -0.25) is 4.98 Å². The maximum atomic E-state index is 13.3. The molecule has 2 unspecified atom stereocenters.